The van der Waals surface area contributed by atoms with Gasteiger partial charge in [-0.1, -0.05) is 44.9 Å². The molecule has 2 fully saturated rings. The first kappa shape index (κ1) is 17.2. The van der Waals surface area contributed by atoms with Gasteiger partial charge in [0.2, 0.25) is 0 Å². The Labute approximate surface area is 152 Å². The summed E-state index contributed by atoms with van der Waals surface area (Å²) in [6.07, 6.45) is 11.3. The van der Waals surface area contributed by atoms with E-state index in [1.54, 1.807) is 5.57 Å². The van der Waals surface area contributed by atoms with E-state index in [4.69, 9.17) is 0 Å². The van der Waals surface area contributed by atoms with E-state index in [0.717, 1.165) is 19.3 Å². The lowest BCUT2D eigenvalue weighted by atomic mass is 9.51. The second-order valence-electron chi connectivity index (χ2n) is 9.60. The predicted octanol–water partition coefficient (Wildman–Crippen LogP) is 5.28. The molecule has 25 heavy (non-hydrogen) atoms. The third-order valence-corrected chi connectivity index (χ3v) is 8.37. The molecule has 2 saturated carbocycles. The zero-order valence-corrected chi connectivity index (χ0v) is 16.2. The van der Waals surface area contributed by atoms with E-state index < -0.39 is 0 Å². The average molecular weight is 341 g/mol. The molecule has 2 nitrogen and oxygen atoms in total. The summed E-state index contributed by atoms with van der Waals surface area (Å²) in [7, 11) is 0. The van der Waals surface area contributed by atoms with Crippen LogP contribution in [0.2, 0.25) is 0 Å². The maximum atomic E-state index is 12.7. The minimum atomic E-state index is 0.105. The average Bonchev–Trinajstić information content (AvgIpc) is 2.85. The number of fused-ring (bicyclic) bond motifs is 5. The third-order valence-electron chi connectivity index (χ3n) is 8.37. The van der Waals surface area contributed by atoms with Crippen molar-refractivity contribution in [2.75, 3.05) is 0 Å². The monoisotopic (exact) mass is 340 g/mol. The third kappa shape index (κ3) is 2.28. The van der Waals surface area contributed by atoms with Crippen LogP contribution in [0.25, 0.3) is 0 Å². The lowest BCUT2D eigenvalue weighted by molar-refractivity contribution is -0.128. The number of hydrogen-bond acceptors (Lipinski definition) is 2. The van der Waals surface area contributed by atoms with Gasteiger partial charge in [0.1, 0.15) is 5.78 Å². The van der Waals surface area contributed by atoms with Crippen molar-refractivity contribution in [3.8, 4) is 0 Å². The van der Waals surface area contributed by atoms with Gasteiger partial charge in [0.15, 0.2) is 5.78 Å². The van der Waals surface area contributed by atoms with E-state index in [1.165, 1.54) is 18.4 Å². The Balaban J connectivity index is 1.74. The second kappa shape index (κ2) is 5.66. The molecule has 4 aliphatic carbocycles. The van der Waals surface area contributed by atoms with E-state index >= 15 is 0 Å². The van der Waals surface area contributed by atoms with Crippen LogP contribution in [0, 0.1) is 34.5 Å². The zero-order chi connectivity index (χ0) is 18.0. The van der Waals surface area contributed by atoms with Gasteiger partial charge in [-0.25, -0.2) is 0 Å². The molecule has 136 valence electrons. The summed E-state index contributed by atoms with van der Waals surface area (Å²) >= 11 is 0. The minimum Gasteiger partial charge on any atom is -0.299 e. The van der Waals surface area contributed by atoms with Crippen molar-refractivity contribution >= 4 is 11.6 Å². The Morgan fingerprint density at radius 3 is 2.76 bits per heavy atom. The van der Waals surface area contributed by atoms with Gasteiger partial charge in [-0.05, 0) is 61.3 Å². The van der Waals surface area contributed by atoms with Crippen LogP contribution in [-0.2, 0) is 9.59 Å². The molecule has 6 atom stereocenters. The number of carbonyl (C=O) groups is 2. The number of allylic oxidation sites excluding steroid dienone is 4. The summed E-state index contributed by atoms with van der Waals surface area (Å²) in [6, 6.07) is 0. The fourth-order valence-corrected chi connectivity index (χ4v) is 7.13. The van der Waals surface area contributed by atoms with Gasteiger partial charge in [-0.2, -0.15) is 0 Å². The van der Waals surface area contributed by atoms with E-state index in [-0.39, 0.29) is 16.7 Å². The number of ketones is 2. The second-order valence-corrected chi connectivity index (χ2v) is 9.60. The summed E-state index contributed by atoms with van der Waals surface area (Å²) in [6.45, 7) is 9.09. The topological polar surface area (TPSA) is 34.1 Å². The summed E-state index contributed by atoms with van der Waals surface area (Å²) in [5, 5.41) is 0. The van der Waals surface area contributed by atoms with Crippen LogP contribution in [0.4, 0.5) is 0 Å². The van der Waals surface area contributed by atoms with E-state index in [0.29, 0.717) is 42.2 Å². The van der Waals surface area contributed by atoms with Crippen molar-refractivity contribution < 1.29 is 9.59 Å². The van der Waals surface area contributed by atoms with Crippen LogP contribution >= 0.6 is 0 Å². The van der Waals surface area contributed by atoms with Crippen molar-refractivity contribution in [2.45, 2.75) is 72.6 Å². The van der Waals surface area contributed by atoms with Crippen LogP contribution < -0.4 is 0 Å². The number of carbonyl (C=O) groups excluding carboxylic acids is 2. The molecule has 0 aromatic rings. The molecule has 0 amide bonds. The molecule has 0 heterocycles. The maximum Gasteiger partial charge on any atom is 0.155 e. The van der Waals surface area contributed by atoms with Crippen LogP contribution in [0.15, 0.2) is 23.3 Å². The van der Waals surface area contributed by atoms with E-state index in [1.807, 2.05) is 13.0 Å². The van der Waals surface area contributed by atoms with Crippen molar-refractivity contribution in [3.05, 3.63) is 23.3 Å². The highest BCUT2D eigenvalue weighted by molar-refractivity contribution is 5.92. The normalized spacial score (nSPS) is 45.8. The van der Waals surface area contributed by atoms with Gasteiger partial charge in [-0.3, -0.25) is 9.59 Å². The zero-order valence-electron chi connectivity index (χ0n) is 16.2. The van der Waals surface area contributed by atoms with E-state index in [2.05, 4.69) is 26.8 Å². The van der Waals surface area contributed by atoms with Crippen molar-refractivity contribution in [3.63, 3.8) is 0 Å². The predicted molar refractivity (Wildman–Crippen MR) is 100 cm³/mol. The Bertz CT molecular complexity index is 684. The summed E-state index contributed by atoms with van der Waals surface area (Å²) in [5.41, 5.74) is 3.23. The van der Waals surface area contributed by atoms with E-state index in [9.17, 15) is 9.59 Å². The lowest BCUT2D eigenvalue weighted by Crippen LogP contribution is -2.45. The van der Waals surface area contributed by atoms with Crippen molar-refractivity contribution in [1.29, 1.82) is 0 Å². The lowest BCUT2D eigenvalue weighted by Gasteiger charge is -2.53. The molecule has 0 N–H and O–H groups in total. The Hall–Kier alpha value is -1.18. The SMILES string of the molecule is CCC(=O)[C@H]1[C@H](C)CC2C3CCC4=CC(=O)CC[C@]4(C)C3=CC[C@@]21C. The minimum absolute atomic E-state index is 0.105. The van der Waals surface area contributed by atoms with Crippen LogP contribution in [-0.4, -0.2) is 11.6 Å². The number of rotatable bonds is 2. The van der Waals surface area contributed by atoms with Crippen LogP contribution in [0.1, 0.15) is 72.6 Å². The van der Waals surface area contributed by atoms with Gasteiger partial charge >= 0.3 is 0 Å². The molecule has 4 rings (SSSR count). The highest BCUT2D eigenvalue weighted by atomic mass is 16.1. The molecule has 0 aromatic carbocycles. The molecule has 0 bridgehead atoms. The molecule has 4 aliphatic rings. The number of Topliss-reactive ketones (excluding diaryl/α,β-unsaturated/α-hetero) is 1. The highest BCUT2D eigenvalue weighted by Gasteiger charge is 2.59. The Kier molecular flexibility index (Phi) is 3.90. The van der Waals surface area contributed by atoms with Gasteiger partial charge in [0, 0.05) is 24.2 Å². The Morgan fingerprint density at radius 2 is 2.04 bits per heavy atom. The molecule has 0 spiro atoms. The summed E-state index contributed by atoms with van der Waals surface area (Å²) < 4.78 is 0. The Morgan fingerprint density at radius 1 is 1.28 bits per heavy atom. The first-order valence-electron chi connectivity index (χ1n) is 10.3. The molecule has 0 saturated heterocycles. The maximum absolute atomic E-state index is 12.7. The molecular weight excluding hydrogens is 308 g/mol. The van der Waals surface area contributed by atoms with Gasteiger partial charge < -0.3 is 0 Å². The fraction of sp³-hybridized carbons (Fsp3) is 0.739. The number of hydrogen-bond donors (Lipinski definition) is 0. The first-order valence-corrected chi connectivity index (χ1v) is 10.3. The molecule has 2 unspecified atom stereocenters. The standard InChI is InChI=1S/C23H32O2/c1-5-20(25)21-14(2)12-19-17-7-6-15-13-16(24)8-10-22(15,3)18(17)9-11-23(19,21)4/h9,13-14,17,19,21H,5-8,10-12H2,1-4H3/t14-,17?,19?,21-,22+,23+/m1/s1. The fourth-order valence-electron chi connectivity index (χ4n) is 7.13. The highest BCUT2D eigenvalue weighted by Crippen LogP contribution is 2.65. The summed E-state index contributed by atoms with van der Waals surface area (Å²) in [4.78, 5) is 24.6. The van der Waals surface area contributed by atoms with Gasteiger partial charge in [0.25, 0.3) is 0 Å². The molecule has 0 radical (unpaired) electrons. The van der Waals surface area contributed by atoms with Crippen LogP contribution in [0.3, 0.4) is 0 Å². The largest absolute Gasteiger partial charge is 0.299 e. The molecule has 2 heteroatoms. The smallest absolute Gasteiger partial charge is 0.155 e. The first-order chi connectivity index (χ1) is 11.8. The van der Waals surface area contributed by atoms with Crippen molar-refractivity contribution in [1.82, 2.24) is 0 Å². The molecule has 0 aliphatic heterocycles. The summed E-state index contributed by atoms with van der Waals surface area (Å²) in [5.74, 6) is 2.78. The van der Waals surface area contributed by atoms with Crippen molar-refractivity contribution in [2.24, 2.45) is 34.5 Å². The molecule has 0 aromatic heterocycles. The van der Waals surface area contributed by atoms with Gasteiger partial charge in [0.05, 0.1) is 0 Å². The molecular formula is C23H32O2. The van der Waals surface area contributed by atoms with Crippen LogP contribution in [0.5, 0.6) is 0 Å². The van der Waals surface area contributed by atoms with Gasteiger partial charge in [-0.15, -0.1) is 0 Å². The quantitative estimate of drug-likeness (QED) is 0.641.